The molecule has 8 nitrogen and oxygen atoms in total. The lowest BCUT2D eigenvalue weighted by Gasteiger charge is -2.12. The number of nitrogens with two attached hydrogens (primary N) is 1. The first-order valence-electron chi connectivity index (χ1n) is 6.45. The Labute approximate surface area is 129 Å². The van der Waals surface area contributed by atoms with Gasteiger partial charge in [0.1, 0.15) is 5.69 Å². The minimum absolute atomic E-state index is 0.0645. The van der Waals surface area contributed by atoms with Gasteiger partial charge in [-0.3, -0.25) is 19.4 Å². The fraction of sp³-hybridized carbons (Fsp3) is 0. The van der Waals surface area contributed by atoms with E-state index in [0.717, 1.165) is 6.07 Å². The van der Waals surface area contributed by atoms with Gasteiger partial charge in [0.15, 0.2) is 0 Å². The van der Waals surface area contributed by atoms with Gasteiger partial charge in [-0.15, -0.1) is 0 Å². The van der Waals surface area contributed by atoms with Gasteiger partial charge in [0.2, 0.25) is 0 Å². The van der Waals surface area contributed by atoms with E-state index in [0.29, 0.717) is 5.06 Å². The van der Waals surface area contributed by atoms with Crippen molar-refractivity contribution in [3.05, 3.63) is 65.0 Å². The Morgan fingerprint density at radius 1 is 1.04 bits per heavy atom. The molecule has 1 aromatic heterocycles. The molecule has 3 rings (SSSR count). The first-order valence-corrected chi connectivity index (χ1v) is 6.45. The van der Waals surface area contributed by atoms with Crippen LogP contribution in [0.15, 0.2) is 42.6 Å². The standard InChI is InChI=1S/C15H9N3O5/c16-12(19)11-7-8(5-6-17-11)15(22)23-18-13(20)9-3-1-2-4-10(9)14(18)21/h1-7H,(H2,16,19). The molecule has 114 valence electrons. The first-order chi connectivity index (χ1) is 11.0. The topological polar surface area (TPSA) is 120 Å². The van der Waals surface area contributed by atoms with Gasteiger partial charge >= 0.3 is 5.97 Å². The number of aromatic nitrogens is 1. The van der Waals surface area contributed by atoms with E-state index in [4.69, 9.17) is 10.6 Å². The predicted octanol–water partition coefficient (Wildman–Crippen LogP) is 0.548. The van der Waals surface area contributed by atoms with Gasteiger partial charge in [0.25, 0.3) is 17.7 Å². The van der Waals surface area contributed by atoms with Crippen molar-refractivity contribution < 1.29 is 24.0 Å². The van der Waals surface area contributed by atoms with Crippen LogP contribution in [0, 0.1) is 0 Å². The second kappa shape index (κ2) is 5.34. The number of hydrogen-bond donors (Lipinski definition) is 1. The highest BCUT2D eigenvalue weighted by atomic mass is 16.7. The fourth-order valence-electron chi connectivity index (χ4n) is 2.08. The molecule has 2 aromatic rings. The average molecular weight is 311 g/mol. The summed E-state index contributed by atoms with van der Waals surface area (Å²) in [5, 5.41) is 0.386. The van der Waals surface area contributed by atoms with E-state index >= 15 is 0 Å². The molecule has 23 heavy (non-hydrogen) atoms. The first kappa shape index (κ1) is 14.4. The minimum Gasteiger partial charge on any atom is -0.364 e. The third-order valence-corrected chi connectivity index (χ3v) is 3.18. The molecule has 2 N–H and O–H groups in total. The van der Waals surface area contributed by atoms with Crippen LogP contribution in [0.2, 0.25) is 0 Å². The molecule has 0 saturated carbocycles. The van der Waals surface area contributed by atoms with E-state index in [2.05, 4.69) is 4.98 Å². The van der Waals surface area contributed by atoms with E-state index < -0.39 is 23.7 Å². The number of carbonyl (C=O) groups excluding carboxylic acids is 4. The predicted molar refractivity (Wildman–Crippen MR) is 75.1 cm³/mol. The lowest BCUT2D eigenvalue weighted by atomic mass is 10.1. The number of nitrogens with zero attached hydrogens (tertiary/aromatic N) is 2. The van der Waals surface area contributed by atoms with Crippen LogP contribution in [0.1, 0.15) is 41.6 Å². The number of hydrogen-bond acceptors (Lipinski definition) is 6. The van der Waals surface area contributed by atoms with Gasteiger partial charge in [-0.05, 0) is 24.3 Å². The van der Waals surface area contributed by atoms with Crippen LogP contribution >= 0.6 is 0 Å². The number of benzene rings is 1. The number of amides is 3. The second-order valence-electron chi connectivity index (χ2n) is 4.62. The van der Waals surface area contributed by atoms with E-state index in [1.54, 1.807) is 12.1 Å². The fourth-order valence-corrected chi connectivity index (χ4v) is 2.08. The summed E-state index contributed by atoms with van der Waals surface area (Å²) in [7, 11) is 0. The van der Waals surface area contributed by atoms with Crippen molar-refractivity contribution in [1.29, 1.82) is 0 Å². The molecule has 0 atom stereocenters. The number of imide groups is 1. The van der Waals surface area contributed by atoms with Gasteiger partial charge in [0.05, 0.1) is 16.7 Å². The molecule has 0 unspecified atom stereocenters. The van der Waals surface area contributed by atoms with E-state index in [1.165, 1.54) is 24.4 Å². The summed E-state index contributed by atoms with van der Waals surface area (Å²) in [5.74, 6) is -3.27. The highest BCUT2D eigenvalue weighted by Gasteiger charge is 2.38. The monoisotopic (exact) mass is 311 g/mol. The quantitative estimate of drug-likeness (QED) is 0.826. The number of hydroxylamine groups is 2. The smallest absolute Gasteiger partial charge is 0.364 e. The van der Waals surface area contributed by atoms with E-state index in [9.17, 15) is 19.2 Å². The zero-order valence-electron chi connectivity index (χ0n) is 11.6. The molecular weight excluding hydrogens is 302 g/mol. The van der Waals surface area contributed by atoms with Gasteiger partial charge in [-0.25, -0.2) is 4.79 Å². The average Bonchev–Trinajstić information content (AvgIpc) is 2.80. The highest BCUT2D eigenvalue weighted by molar-refractivity contribution is 6.21. The van der Waals surface area contributed by atoms with Gasteiger partial charge < -0.3 is 10.6 Å². The SMILES string of the molecule is NC(=O)c1cc(C(=O)ON2C(=O)c3ccccc3C2=O)ccn1. The number of carbonyl (C=O) groups is 4. The molecular formula is C15H9N3O5. The molecule has 0 fully saturated rings. The Morgan fingerprint density at radius 2 is 1.65 bits per heavy atom. The summed E-state index contributed by atoms with van der Waals surface area (Å²) in [5.41, 5.74) is 5.18. The molecule has 1 aliphatic heterocycles. The summed E-state index contributed by atoms with van der Waals surface area (Å²) in [6.07, 6.45) is 1.19. The Kier molecular flexibility index (Phi) is 3.34. The molecule has 1 aliphatic rings. The van der Waals surface area contributed by atoms with Crippen molar-refractivity contribution >= 4 is 23.7 Å². The van der Waals surface area contributed by atoms with Crippen LogP contribution < -0.4 is 5.73 Å². The Morgan fingerprint density at radius 3 is 2.22 bits per heavy atom. The van der Waals surface area contributed by atoms with Crippen molar-refractivity contribution in [2.75, 3.05) is 0 Å². The van der Waals surface area contributed by atoms with Gasteiger partial charge in [0, 0.05) is 6.20 Å². The van der Waals surface area contributed by atoms with Crippen LogP contribution in [0.4, 0.5) is 0 Å². The lowest BCUT2D eigenvalue weighted by molar-refractivity contribution is -0.0584. The zero-order valence-corrected chi connectivity index (χ0v) is 11.6. The maximum atomic E-state index is 12.1. The Bertz CT molecular complexity index is 827. The summed E-state index contributed by atoms with van der Waals surface area (Å²) in [6.45, 7) is 0. The summed E-state index contributed by atoms with van der Waals surface area (Å²) >= 11 is 0. The molecule has 0 spiro atoms. The normalized spacial score (nSPS) is 13.0. The number of fused-ring (bicyclic) bond motifs is 1. The third kappa shape index (κ3) is 2.42. The van der Waals surface area contributed by atoms with Gasteiger partial charge in [-0.2, -0.15) is 0 Å². The highest BCUT2D eigenvalue weighted by Crippen LogP contribution is 2.23. The molecule has 0 aliphatic carbocycles. The molecule has 8 heteroatoms. The Balaban J connectivity index is 1.85. The molecule has 0 saturated heterocycles. The van der Waals surface area contributed by atoms with Crippen LogP contribution in [0.3, 0.4) is 0 Å². The summed E-state index contributed by atoms with van der Waals surface area (Å²) < 4.78 is 0. The third-order valence-electron chi connectivity index (χ3n) is 3.18. The van der Waals surface area contributed by atoms with Crippen molar-refractivity contribution in [3.63, 3.8) is 0 Å². The molecule has 0 bridgehead atoms. The van der Waals surface area contributed by atoms with Crippen LogP contribution in [-0.2, 0) is 4.84 Å². The maximum Gasteiger partial charge on any atom is 0.364 e. The number of primary amides is 1. The van der Waals surface area contributed by atoms with Crippen LogP contribution in [0.5, 0.6) is 0 Å². The van der Waals surface area contributed by atoms with Crippen molar-refractivity contribution in [3.8, 4) is 0 Å². The summed E-state index contributed by atoms with van der Waals surface area (Å²) in [6, 6.07) is 8.49. The molecule has 1 aromatic carbocycles. The molecule has 3 amide bonds. The number of rotatable bonds is 3. The summed E-state index contributed by atoms with van der Waals surface area (Å²) in [4.78, 5) is 55.9. The minimum atomic E-state index is -0.982. The zero-order chi connectivity index (χ0) is 16.6. The van der Waals surface area contributed by atoms with E-state index in [1.807, 2.05) is 0 Å². The lowest BCUT2D eigenvalue weighted by Crippen LogP contribution is -2.32. The second-order valence-corrected chi connectivity index (χ2v) is 4.62. The van der Waals surface area contributed by atoms with Crippen molar-refractivity contribution in [1.82, 2.24) is 10.0 Å². The van der Waals surface area contributed by atoms with Crippen molar-refractivity contribution in [2.24, 2.45) is 5.73 Å². The number of pyridine rings is 1. The van der Waals surface area contributed by atoms with E-state index in [-0.39, 0.29) is 22.4 Å². The molecule has 0 radical (unpaired) electrons. The molecule has 2 heterocycles. The van der Waals surface area contributed by atoms with Crippen molar-refractivity contribution in [2.45, 2.75) is 0 Å². The van der Waals surface area contributed by atoms with Gasteiger partial charge in [-0.1, -0.05) is 17.2 Å². The largest absolute Gasteiger partial charge is 0.364 e. The maximum absolute atomic E-state index is 12.1. The van der Waals surface area contributed by atoms with Crippen LogP contribution in [-0.4, -0.2) is 33.7 Å². The van der Waals surface area contributed by atoms with Crippen LogP contribution in [0.25, 0.3) is 0 Å². The Hall–Kier alpha value is -3.55.